The van der Waals surface area contributed by atoms with E-state index in [0.717, 1.165) is 0 Å². The van der Waals surface area contributed by atoms with E-state index in [1.807, 2.05) is 0 Å². The first-order valence-electron chi connectivity index (χ1n) is 5.59. The maximum atomic E-state index is 12.1. The predicted molar refractivity (Wildman–Crippen MR) is 70.0 cm³/mol. The summed E-state index contributed by atoms with van der Waals surface area (Å²) in [6.07, 6.45) is 1.28. The van der Waals surface area contributed by atoms with Gasteiger partial charge in [-0.1, -0.05) is 0 Å². The fourth-order valence-corrected chi connectivity index (χ4v) is 2.33. The van der Waals surface area contributed by atoms with E-state index in [1.165, 1.54) is 28.8 Å². The number of hydrogen-bond donors (Lipinski definition) is 2. The van der Waals surface area contributed by atoms with Crippen molar-refractivity contribution < 1.29 is 18.3 Å². The van der Waals surface area contributed by atoms with Gasteiger partial charge in [0.05, 0.1) is 5.60 Å². The second-order valence-corrected chi connectivity index (χ2v) is 6.75. The average Bonchev–Trinajstić information content (AvgIpc) is 2.56. The molecule has 1 amide bonds. The number of sulfonamides is 1. The van der Waals surface area contributed by atoms with E-state index < -0.39 is 15.6 Å². The Labute approximate surface area is 112 Å². The van der Waals surface area contributed by atoms with Crippen molar-refractivity contribution in [3.63, 3.8) is 0 Å². The predicted octanol–water partition coefficient (Wildman–Crippen LogP) is -0.485. The van der Waals surface area contributed by atoms with Crippen molar-refractivity contribution in [1.29, 1.82) is 0 Å². The van der Waals surface area contributed by atoms with Gasteiger partial charge in [-0.15, -0.1) is 0 Å². The molecule has 0 bridgehead atoms. The Morgan fingerprint density at radius 2 is 2.05 bits per heavy atom. The lowest BCUT2D eigenvalue weighted by Gasteiger charge is -2.25. The molecule has 0 radical (unpaired) electrons. The van der Waals surface area contributed by atoms with Gasteiger partial charge in [-0.25, -0.2) is 13.6 Å². The van der Waals surface area contributed by atoms with Crippen LogP contribution in [0.5, 0.6) is 0 Å². The van der Waals surface area contributed by atoms with Crippen molar-refractivity contribution >= 4 is 15.9 Å². The first-order chi connectivity index (χ1) is 8.42. The summed E-state index contributed by atoms with van der Waals surface area (Å²) in [6.45, 7) is 3.29. The zero-order chi connectivity index (χ0) is 15.0. The van der Waals surface area contributed by atoms with Crippen molar-refractivity contribution in [3.05, 3.63) is 18.0 Å². The van der Waals surface area contributed by atoms with Crippen LogP contribution in [0.4, 0.5) is 0 Å². The minimum Gasteiger partial charge on any atom is -0.389 e. The van der Waals surface area contributed by atoms with Gasteiger partial charge in [-0.3, -0.25) is 4.79 Å². The Morgan fingerprint density at radius 1 is 1.53 bits per heavy atom. The zero-order valence-corrected chi connectivity index (χ0v) is 12.2. The molecule has 0 aromatic carbocycles. The van der Waals surface area contributed by atoms with Gasteiger partial charge in [-0.05, 0) is 19.9 Å². The van der Waals surface area contributed by atoms with E-state index in [4.69, 9.17) is 5.14 Å². The van der Waals surface area contributed by atoms with Crippen molar-refractivity contribution in [2.45, 2.75) is 24.3 Å². The second kappa shape index (κ2) is 4.95. The number of carbonyl (C=O) groups is 1. The SMILES string of the molecule is CN(CC(C)(C)O)C(=O)c1cc(S(N)(=O)=O)cn1C. The van der Waals surface area contributed by atoms with Gasteiger partial charge in [0.2, 0.25) is 10.0 Å². The Bertz CT molecular complexity index is 584. The topological polar surface area (TPSA) is 106 Å². The number of hydrogen-bond acceptors (Lipinski definition) is 4. The van der Waals surface area contributed by atoms with Gasteiger partial charge < -0.3 is 14.6 Å². The van der Waals surface area contributed by atoms with Crippen LogP contribution < -0.4 is 5.14 Å². The number of nitrogens with zero attached hydrogens (tertiary/aromatic N) is 2. The van der Waals surface area contributed by atoms with Crippen LogP contribution in [0.25, 0.3) is 0 Å². The number of aromatic nitrogens is 1. The molecular weight excluding hydrogens is 270 g/mol. The number of carbonyl (C=O) groups excluding carboxylic acids is 1. The van der Waals surface area contributed by atoms with Crippen LogP contribution in [0, 0.1) is 0 Å². The van der Waals surface area contributed by atoms with Crippen LogP contribution in [0.2, 0.25) is 0 Å². The summed E-state index contributed by atoms with van der Waals surface area (Å²) < 4.78 is 23.8. The monoisotopic (exact) mass is 289 g/mol. The van der Waals surface area contributed by atoms with E-state index in [9.17, 15) is 18.3 Å². The van der Waals surface area contributed by atoms with Gasteiger partial charge in [0.15, 0.2) is 0 Å². The third-order valence-electron chi connectivity index (χ3n) is 2.50. The van der Waals surface area contributed by atoms with Crippen molar-refractivity contribution in [2.24, 2.45) is 12.2 Å². The zero-order valence-electron chi connectivity index (χ0n) is 11.4. The summed E-state index contributed by atoms with van der Waals surface area (Å²) in [4.78, 5) is 13.3. The normalized spacial score (nSPS) is 12.5. The van der Waals surface area contributed by atoms with Crippen LogP contribution in [0.15, 0.2) is 17.2 Å². The third-order valence-corrected chi connectivity index (χ3v) is 3.38. The van der Waals surface area contributed by atoms with Gasteiger partial charge in [0.1, 0.15) is 10.6 Å². The maximum Gasteiger partial charge on any atom is 0.270 e. The molecule has 0 saturated heterocycles. The van der Waals surface area contributed by atoms with Crippen LogP contribution in [0.1, 0.15) is 24.3 Å². The molecule has 3 N–H and O–H groups in total. The summed E-state index contributed by atoms with van der Waals surface area (Å²) in [6, 6.07) is 1.22. The highest BCUT2D eigenvalue weighted by Crippen LogP contribution is 2.14. The van der Waals surface area contributed by atoms with E-state index >= 15 is 0 Å². The maximum absolute atomic E-state index is 12.1. The number of likely N-dealkylation sites (N-methyl/N-ethyl adjacent to an activating group) is 1. The molecular formula is C11H19N3O4S. The number of aliphatic hydroxyl groups is 1. The molecule has 1 aromatic heterocycles. The Hall–Kier alpha value is -1.38. The molecule has 0 spiro atoms. The first-order valence-corrected chi connectivity index (χ1v) is 7.13. The number of rotatable bonds is 4. The van der Waals surface area contributed by atoms with Gasteiger partial charge in [-0.2, -0.15) is 0 Å². The molecule has 1 rings (SSSR count). The van der Waals surface area contributed by atoms with E-state index in [0.29, 0.717) is 0 Å². The molecule has 0 aliphatic carbocycles. The average molecular weight is 289 g/mol. The van der Waals surface area contributed by atoms with Gasteiger partial charge in [0, 0.05) is 26.8 Å². The van der Waals surface area contributed by atoms with Crippen LogP contribution >= 0.6 is 0 Å². The van der Waals surface area contributed by atoms with Crippen molar-refractivity contribution in [3.8, 4) is 0 Å². The number of primary sulfonamides is 1. The minimum absolute atomic E-state index is 0.116. The lowest BCUT2D eigenvalue weighted by Crippen LogP contribution is -2.40. The highest BCUT2D eigenvalue weighted by atomic mass is 32.2. The summed E-state index contributed by atoms with van der Waals surface area (Å²) in [5, 5.41) is 14.7. The third kappa shape index (κ3) is 4.05. The summed E-state index contributed by atoms with van der Waals surface area (Å²) in [5.74, 6) is -0.389. The van der Waals surface area contributed by atoms with Gasteiger partial charge in [0.25, 0.3) is 5.91 Å². The summed E-state index contributed by atoms with van der Waals surface area (Å²) >= 11 is 0. The highest BCUT2D eigenvalue weighted by Gasteiger charge is 2.23. The number of nitrogens with two attached hydrogens (primary N) is 1. The quantitative estimate of drug-likeness (QED) is 0.780. The summed E-state index contributed by atoms with van der Waals surface area (Å²) in [7, 11) is -0.753. The molecule has 8 heteroatoms. The molecule has 19 heavy (non-hydrogen) atoms. The van der Waals surface area contributed by atoms with Crippen LogP contribution in [-0.2, 0) is 17.1 Å². The Morgan fingerprint density at radius 3 is 2.42 bits per heavy atom. The smallest absolute Gasteiger partial charge is 0.270 e. The lowest BCUT2D eigenvalue weighted by atomic mass is 10.1. The lowest BCUT2D eigenvalue weighted by molar-refractivity contribution is 0.0363. The Balaban J connectivity index is 3.04. The van der Waals surface area contributed by atoms with Crippen molar-refractivity contribution in [2.75, 3.05) is 13.6 Å². The molecule has 1 heterocycles. The molecule has 108 valence electrons. The van der Waals surface area contributed by atoms with E-state index in [2.05, 4.69) is 0 Å². The van der Waals surface area contributed by atoms with Crippen LogP contribution in [0.3, 0.4) is 0 Å². The molecule has 0 unspecified atom stereocenters. The summed E-state index contributed by atoms with van der Waals surface area (Å²) in [5.41, 5.74) is -0.839. The number of amides is 1. The molecule has 7 nitrogen and oxygen atoms in total. The van der Waals surface area contributed by atoms with Crippen molar-refractivity contribution in [1.82, 2.24) is 9.47 Å². The molecule has 1 aromatic rings. The van der Waals surface area contributed by atoms with Crippen LogP contribution in [-0.4, -0.2) is 48.1 Å². The fourth-order valence-electron chi connectivity index (χ4n) is 1.75. The first kappa shape index (κ1) is 15.7. The molecule has 0 fully saturated rings. The standard InChI is InChI=1S/C11H19N3O4S/c1-11(2,16)7-14(4)10(15)9-5-8(6-13(9)3)19(12,17)18/h5-6,16H,7H2,1-4H3,(H2,12,17,18). The minimum atomic E-state index is -3.84. The fraction of sp³-hybridized carbons (Fsp3) is 0.545. The molecule has 0 aliphatic rings. The number of aryl methyl sites for hydroxylation is 1. The second-order valence-electron chi connectivity index (χ2n) is 5.19. The molecule has 0 aliphatic heterocycles. The Kier molecular flexibility index (Phi) is 4.08. The van der Waals surface area contributed by atoms with E-state index in [1.54, 1.807) is 20.9 Å². The van der Waals surface area contributed by atoms with Gasteiger partial charge >= 0.3 is 0 Å². The molecule has 0 saturated carbocycles. The van der Waals surface area contributed by atoms with E-state index in [-0.39, 0.29) is 23.0 Å². The largest absolute Gasteiger partial charge is 0.389 e. The highest BCUT2D eigenvalue weighted by molar-refractivity contribution is 7.89. The molecule has 0 atom stereocenters.